The first-order chi connectivity index (χ1) is 15.9. The molecule has 0 saturated carbocycles. The zero-order chi connectivity index (χ0) is 23.3. The Hall–Kier alpha value is -2.79. The first kappa shape index (κ1) is 23.4. The summed E-state index contributed by atoms with van der Waals surface area (Å²) in [6.45, 7) is 3.80. The third kappa shape index (κ3) is 5.77. The first-order valence-electron chi connectivity index (χ1n) is 11.0. The number of nitrogens with one attached hydrogen (secondary N) is 2. The molecule has 1 unspecified atom stereocenters. The fourth-order valence-corrected chi connectivity index (χ4v) is 5.35. The highest BCUT2D eigenvalue weighted by molar-refractivity contribution is 7.89. The lowest BCUT2D eigenvalue weighted by molar-refractivity contribution is -0.125. The molecule has 0 bridgehead atoms. The molecule has 2 aliphatic rings. The highest BCUT2D eigenvalue weighted by Gasteiger charge is 2.29. The van der Waals surface area contributed by atoms with Gasteiger partial charge in [-0.1, -0.05) is 30.3 Å². The molecule has 2 fully saturated rings. The minimum absolute atomic E-state index is 0.141. The van der Waals surface area contributed by atoms with Crippen LogP contribution in [-0.2, 0) is 26.1 Å². The van der Waals surface area contributed by atoms with E-state index in [1.807, 2.05) is 18.2 Å². The molecule has 10 heteroatoms. The van der Waals surface area contributed by atoms with Crippen LogP contribution in [0.1, 0.15) is 22.3 Å². The van der Waals surface area contributed by atoms with Crippen LogP contribution in [-0.4, -0.2) is 68.8 Å². The highest BCUT2D eigenvalue weighted by Crippen LogP contribution is 2.19. The summed E-state index contributed by atoms with van der Waals surface area (Å²) in [6.07, 6.45) is 0.620. The predicted molar refractivity (Wildman–Crippen MR) is 121 cm³/mol. The van der Waals surface area contributed by atoms with E-state index in [0.717, 1.165) is 6.54 Å². The Labute approximate surface area is 193 Å². The van der Waals surface area contributed by atoms with Crippen LogP contribution in [0.2, 0.25) is 0 Å². The van der Waals surface area contributed by atoms with Crippen molar-refractivity contribution in [2.45, 2.75) is 17.9 Å². The van der Waals surface area contributed by atoms with Gasteiger partial charge < -0.3 is 4.74 Å². The molecule has 0 radical (unpaired) electrons. The average Bonchev–Trinajstić information content (AvgIpc) is 3.39. The van der Waals surface area contributed by atoms with E-state index in [9.17, 15) is 18.0 Å². The predicted octanol–water partition coefficient (Wildman–Crippen LogP) is 0.991. The summed E-state index contributed by atoms with van der Waals surface area (Å²) in [4.78, 5) is 26.6. The van der Waals surface area contributed by atoms with Crippen molar-refractivity contribution < 1.29 is 22.7 Å². The molecule has 2 amide bonds. The number of hydrazine groups is 1. The Balaban J connectivity index is 1.30. The van der Waals surface area contributed by atoms with Gasteiger partial charge in [-0.25, -0.2) is 8.42 Å². The van der Waals surface area contributed by atoms with Gasteiger partial charge in [-0.2, -0.15) is 4.31 Å². The molecule has 1 atom stereocenters. The van der Waals surface area contributed by atoms with E-state index in [-0.39, 0.29) is 22.3 Å². The van der Waals surface area contributed by atoms with Crippen molar-refractivity contribution in [3.63, 3.8) is 0 Å². The second kappa shape index (κ2) is 10.4. The van der Waals surface area contributed by atoms with Crippen molar-refractivity contribution in [2.75, 3.05) is 39.4 Å². The molecule has 4 rings (SSSR count). The van der Waals surface area contributed by atoms with E-state index in [4.69, 9.17) is 4.74 Å². The van der Waals surface area contributed by atoms with Gasteiger partial charge in [0.15, 0.2) is 0 Å². The van der Waals surface area contributed by atoms with Crippen LogP contribution in [0, 0.1) is 5.92 Å². The molecule has 2 N–H and O–H groups in total. The van der Waals surface area contributed by atoms with Crippen LogP contribution < -0.4 is 10.9 Å². The summed E-state index contributed by atoms with van der Waals surface area (Å²) in [7, 11) is -3.65. The molecular formula is C23H28N4O5S. The van der Waals surface area contributed by atoms with Gasteiger partial charge in [0.2, 0.25) is 15.9 Å². The molecule has 2 heterocycles. The zero-order valence-electron chi connectivity index (χ0n) is 18.3. The van der Waals surface area contributed by atoms with Crippen LogP contribution in [0.4, 0.5) is 0 Å². The van der Waals surface area contributed by atoms with Gasteiger partial charge in [0.1, 0.15) is 0 Å². The zero-order valence-corrected chi connectivity index (χ0v) is 19.1. The lowest BCUT2D eigenvalue weighted by Crippen LogP contribution is -2.48. The first-order valence-corrected chi connectivity index (χ1v) is 12.4. The number of nitrogens with zero attached hydrogens (tertiary/aromatic N) is 2. The third-order valence-corrected chi connectivity index (χ3v) is 7.85. The maximum atomic E-state index is 13.0. The maximum Gasteiger partial charge on any atom is 0.269 e. The third-order valence-electron chi connectivity index (χ3n) is 5.93. The van der Waals surface area contributed by atoms with Crippen molar-refractivity contribution in [3.05, 3.63) is 65.7 Å². The number of ether oxygens (including phenoxy) is 1. The molecule has 2 saturated heterocycles. The van der Waals surface area contributed by atoms with Crippen LogP contribution in [0.25, 0.3) is 0 Å². The molecule has 2 aromatic carbocycles. The second-order valence-electron chi connectivity index (χ2n) is 8.19. The monoisotopic (exact) mass is 472 g/mol. The minimum Gasteiger partial charge on any atom is -0.381 e. The number of rotatable bonds is 6. The number of sulfonamides is 1. The summed E-state index contributed by atoms with van der Waals surface area (Å²) < 4.78 is 32.7. The van der Waals surface area contributed by atoms with Crippen molar-refractivity contribution in [1.29, 1.82) is 0 Å². The summed E-state index contributed by atoms with van der Waals surface area (Å²) in [6, 6.07) is 15.8. The minimum atomic E-state index is -3.65. The summed E-state index contributed by atoms with van der Waals surface area (Å²) >= 11 is 0. The number of carbonyl (C=O) groups excluding carboxylic acids is 2. The van der Waals surface area contributed by atoms with E-state index >= 15 is 0 Å². The largest absolute Gasteiger partial charge is 0.381 e. The van der Waals surface area contributed by atoms with Crippen LogP contribution >= 0.6 is 0 Å². The van der Waals surface area contributed by atoms with Crippen molar-refractivity contribution >= 4 is 21.8 Å². The summed E-state index contributed by atoms with van der Waals surface area (Å²) in [5, 5.41) is 0. The quantitative estimate of drug-likeness (QED) is 0.607. The molecular weight excluding hydrogens is 444 g/mol. The average molecular weight is 473 g/mol. The standard InChI is InChI=1S/C23H28N4O5S/c28-22(24-25-23(29)20-10-15-32-17-20)19-6-8-21(9-7-19)33(30,31)27-13-11-26(12-14-27)16-18-4-2-1-3-5-18/h1-9,20H,10-17H2,(H,24,28)(H,25,29). The Morgan fingerprint density at radius 3 is 2.27 bits per heavy atom. The molecule has 176 valence electrons. The van der Waals surface area contributed by atoms with E-state index < -0.39 is 15.9 Å². The van der Waals surface area contributed by atoms with Gasteiger partial charge in [0, 0.05) is 44.9 Å². The maximum absolute atomic E-state index is 13.0. The van der Waals surface area contributed by atoms with Gasteiger partial charge in [-0.05, 0) is 36.2 Å². The normalized spacial score (nSPS) is 19.8. The van der Waals surface area contributed by atoms with Gasteiger partial charge >= 0.3 is 0 Å². The van der Waals surface area contributed by atoms with Gasteiger partial charge in [-0.3, -0.25) is 25.3 Å². The van der Waals surface area contributed by atoms with Crippen LogP contribution in [0.15, 0.2) is 59.5 Å². The van der Waals surface area contributed by atoms with Crippen molar-refractivity contribution in [2.24, 2.45) is 5.92 Å². The highest BCUT2D eigenvalue weighted by atomic mass is 32.2. The van der Waals surface area contributed by atoms with Crippen LogP contribution in [0.5, 0.6) is 0 Å². The Morgan fingerprint density at radius 1 is 0.939 bits per heavy atom. The number of carbonyl (C=O) groups is 2. The number of hydrogen-bond acceptors (Lipinski definition) is 6. The number of amides is 2. The smallest absolute Gasteiger partial charge is 0.269 e. The van der Waals surface area contributed by atoms with Crippen LogP contribution in [0.3, 0.4) is 0 Å². The van der Waals surface area contributed by atoms with E-state index in [0.29, 0.717) is 45.8 Å². The summed E-state index contributed by atoms with van der Waals surface area (Å²) in [5.74, 6) is -1.09. The SMILES string of the molecule is O=C(NNC(=O)C1CCOC1)c1ccc(S(=O)(=O)N2CCN(Cc3ccccc3)CC2)cc1. The fourth-order valence-electron chi connectivity index (χ4n) is 3.93. The van der Waals surface area contributed by atoms with E-state index in [1.165, 1.54) is 34.1 Å². The molecule has 9 nitrogen and oxygen atoms in total. The Kier molecular flexibility index (Phi) is 7.39. The number of piperazine rings is 1. The molecule has 0 aliphatic carbocycles. The van der Waals surface area contributed by atoms with E-state index in [1.54, 1.807) is 0 Å². The van der Waals surface area contributed by atoms with Gasteiger partial charge in [0.05, 0.1) is 17.4 Å². The molecule has 0 spiro atoms. The lowest BCUT2D eigenvalue weighted by Gasteiger charge is -2.34. The van der Waals surface area contributed by atoms with Crippen molar-refractivity contribution in [1.82, 2.24) is 20.1 Å². The molecule has 2 aromatic rings. The van der Waals surface area contributed by atoms with Gasteiger partial charge in [-0.15, -0.1) is 0 Å². The molecule has 0 aromatic heterocycles. The Bertz CT molecular complexity index is 1060. The van der Waals surface area contributed by atoms with Gasteiger partial charge in [0.25, 0.3) is 5.91 Å². The fraction of sp³-hybridized carbons (Fsp3) is 0.391. The Morgan fingerprint density at radius 2 is 1.64 bits per heavy atom. The van der Waals surface area contributed by atoms with E-state index in [2.05, 4.69) is 27.9 Å². The number of benzene rings is 2. The number of hydrogen-bond donors (Lipinski definition) is 2. The summed E-state index contributed by atoms with van der Waals surface area (Å²) in [5.41, 5.74) is 6.21. The lowest BCUT2D eigenvalue weighted by atomic mass is 10.1. The molecule has 2 aliphatic heterocycles. The van der Waals surface area contributed by atoms with Crippen molar-refractivity contribution in [3.8, 4) is 0 Å². The second-order valence-corrected chi connectivity index (χ2v) is 10.1. The topological polar surface area (TPSA) is 108 Å². The molecule has 33 heavy (non-hydrogen) atoms.